The highest BCUT2D eigenvalue weighted by atomic mass is 19.4. The minimum absolute atomic E-state index is 0.114. The minimum Gasteiger partial charge on any atom is -0.405 e. The van der Waals surface area contributed by atoms with Crippen molar-refractivity contribution in [3.63, 3.8) is 0 Å². The van der Waals surface area contributed by atoms with E-state index in [1.807, 2.05) is 0 Å². The molecule has 3 nitrogen and oxygen atoms in total. The number of amides is 1. The van der Waals surface area contributed by atoms with Gasteiger partial charge in [-0.25, -0.2) is 0 Å². The van der Waals surface area contributed by atoms with Gasteiger partial charge >= 0.3 is 6.36 Å². The Bertz CT molecular complexity index is 494. The summed E-state index contributed by atoms with van der Waals surface area (Å²) < 4.78 is 41.2. The molecular weight excluding hydrogens is 271 g/mol. The molecule has 1 amide bonds. The van der Waals surface area contributed by atoms with Gasteiger partial charge in [0.05, 0.1) is 5.56 Å². The van der Waals surface area contributed by atoms with Crippen molar-refractivity contribution in [2.75, 3.05) is 13.1 Å². The van der Waals surface area contributed by atoms with E-state index in [1.165, 1.54) is 23.1 Å². The molecule has 1 aromatic carbocycles. The molecule has 1 aromatic rings. The number of ether oxygens (including phenoxy) is 1. The first-order valence-corrected chi connectivity index (χ1v) is 6.13. The molecule has 0 aromatic heterocycles. The van der Waals surface area contributed by atoms with Crippen molar-refractivity contribution < 1.29 is 22.7 Å². The quantitative estimate of drug-likeness (QED) is 0.826. The van der Waals surface area contributed by atoms with Crippen molar-refractivity contribution in [3.05, 3.63) is 35.9 Å². The lowest BCUT2D eigenvalue weighted by molar-refractivity contribution is -0.274. The average molecular weight is 287 g/mol. The lowest BCUT2D eigenvalue weighted by atomic mass is 10.1. The molecule has 20 heavy (non-hydrogen) atoms. The van der Waals surface area contributed by atoms with Crippen LogP contribution in [-0.2, 0) is 0 Å². The maximum atomic E-state index is 12.4. The van der Waals surface area contributed by atoms with Gasteiger partial charge in [-0.05, 0) is 31.5 Å². The summed E-state index contributed by atoms with van der Waals surface area (Å²) in [4.78, 5) is 13.6. The van der Waals surface area contributed by atoms with Crippen LogP contribution in [0.1, 0.15) is 29.8 Å². The van der Waals surface area contributed by atoms with Gasteiger partial charge in [-0.2, -0.15) is 0 Å². The van der Waals surface area contributed by atoms with Crippen molar-refractivity contribution in [2.24, 2.45) is 0 Å². The van der Waals surface area contributed by atoms with E-state index < -0.39 is 18.0 Å². The van der Waals surface area contributed by atoms with Gasteiger partial charge in [0.15, 0.2) is 0 Å². The van der Waals surface area contributed by atoms with Gasteiger partial charge in [-0.1, -0.05) is 18.7 Å². The van der Waals surface area contributed by atoms with Gasteiger partial charge in [0.25, 0.3) is 5.91 Å². The molecule has 6 heteroatoms. The zero-order chi connectivity index (χ0) is 15.3. The predicted molar refractivity (Wildman–Crippen MR) is 70.5 cm³/mol. The monoisotopic (exact) mass is 287 g/mol. The molecule has 0 fully saturated rings. The maximum Gasteiger partial charge on any atom is 0.573 e. The van der Waals surface area contributed by atoms with Crippen LogP contribution in [0.5, 0.6) is 5.75 Å². The van der Waals surface area contributed by atoms with Crippen LogP contribution in [-0.4, -0.2) is 30.3 Å². The van der Waals surface area contributed by atoms with Crippen molar-refractivity contribution in [1.82, 2.24) is 4.90 Å². The molecule has 0 N–H and O–H groups in total. The zero-order valence-corrected chi connectivity index (χ0v) is 11.3. The lowest BCUT2D eigenvalue weighted by Gasteiger charge is -2.21. The number of benzene rings is 1. The van der Waals surface area contributed by atoms with E-state index in [2.05, 4.69) is 11.3 Å². The summed E-state index contributed by atoms with van der Waals surface area (Å²) in [6.07, 6.45) is -3.47. The van der Waals surface area contributed by atoms with Crippen LogP contribution in [0.3, 0.4) is 0 Å². The Labute approximate surface area is 115 Å². The van der Waals surface area contributed by atoms with E-state index in [0.29, 0.717) is 18.7 Å². The topological polar surface area (TPSA) is 29.5 Å². The standard InChI is InChI=1S/C14H16F3NO2/c1-4-10-7-8-11(13(19)18(5-2)6-3)12(9-10)20-14(15,16)17/h4,7-9H,1,5-6H2,2-3H3. The Morgan fingerprint density at radius 1 is 1.35 bits per heavy atom. The number of carbonyl (C=O) groups is 1. The van der Waals surface area contributed by atoms with Crippen LogP contribution < -0.4 is 4.74 Å². The number of carbonyl (C=O) groups excluding carboxylic acids is 1. The first kappa shape index (κ1) is 16.1. The largest absolute Gasteiger partial charge is 0.573 e. The molecule has 0 bridgehead atoms. The summed E-state index contributed by atoms with van der Waals surface area (Å²) in [6.45, 7) is 7.80. The van der Waals surface area contributed by atoms with Gasteiger partial charge in [0, 0.05) is 13.1 Å². The van der Waals surface area contributed by atoms with E-state index in [1.54, 1.807) is 13.8 Å². The molecule has 0 saturated heterocycles. The van der Waals surface area contributed by atoms with Gasteiger partial charge in [0.1, 0.15) is 5.75 Å². The Kier molecular flexibility index (Phi) is 5.19. The molecule has 0 heterocycles. The first-order valence-electron chi connectivity index (χ1n) is 6.13. The highest BCUT2D eigenvalue weighted by molar-refractivity contribution is 5.97. The minimum atomic E-state index is -4.85. The third-order valence-electron chi connectivity index (χ3n) is 2.75. The number of hydrogen-bond donors (Lipinski definition) is 0. The molecule has 0 spiro atoms. The van der Waals surface area contributed by atoms with E-state index >= 15 is 0 Å². The highest BCUT2D eigenvalue weighted by Crippen LogP contribution is 2.29. The van der Waals surface area contributed by atoms with Crippen LogP contribution in [0.2, 0.25) is 0 Å². The summed E-state index contributed by atoms with van der Waals surface area (Å²) in [6, 6.07) is 3.99. The number of hydrogen-bond acceptors (Lipinski definition) is 2. The highest BCUT2D eigenvalue weighted by Gasteiger charge is 2.33. The number of rotatable bonds is 5. The smallest absolute Gasteiger partial charge is 0.405 e. The van der Waals surface area contributed by atoms with Crippen molar-refractivity contribution >= 4 is 12.0 Å². The van der Waals surface area contributed by atoms with Crippen molar-refractivity contribution in [3.8, 4) is 5.75 Å². The fourth-order valence-electron chi connectivity index (χ4n) is 1.73. The lowest BCUT2D eigenvalue weighted by Crippen LogP contribution is -2.31. The average Bonchev–Trinajstić information content (AvgIpc) is 2.38. The molecule has 0 aliphatic rings. The molecule has 0 saturated carbocycles. The second-order valence-electron chi connectivity index (χ2n) is 3.98. The summed E-state index contributed by atoms with van der Waals surface area (Å²) in [5, 5.41) is 0. The summed E-state index contributed by atoms with van der Waals surface area (Å²) in [5.74, 6) is -1.00. The Hall–Kier alpha value is -1.98. The fraction of sp³-hybridized carbons (Fsp3) is 0.357. The predicted octanol–water partition coefficient (Wildman–Crippen LogP) is 3.71. The second-order valence-corrected chi connectivity index (χ2v) is 3.98. The van der Waals surface area contributed by atoms with Crippen molar-refractivity contribution in [1.29, 1.82) is 0 Å². The maximum absolute atomic E-state index is 12.4. The number of halogens is 3. The first-order chi connectivity index (χ1) is 9.32. The normalized spacial score (nSPS) is 11.1. The molecule has 0 unspecified atom stereocenters. The molecule has 0 aliphatic heterocycles. The van der Waals surface area contributed by atoms with Crippen LogP contribution in [0, 0.1) is 0 Å². The summed E-state index contributed by atoms with van der Waals surface area (Å²) in [7, 11) is 0. The van der Waals surface area contributed by atoms with Crippen molar-refractivity contribution in [2.45, 2.75) is 20.2 Å². The van der Waals surface area contributed by atoms with Gasteiger partial charge < -0.3 is 9.64 Å². The third kappa shape index (κ3) is 4.01. The van der Waals surface area contributed by atoms with Crippen LogP contribution >= 0.6 is 0 Å². The number of nitrogens with zero attached hydrogens (tertiary/aromatic N) is 1. The van der Waals surface area contributed by atoms with Crippen LogP contribution in [0.4, 0.5) is 13.2 Å². The van der Waals surface area contributed by atoms with E-state index in [-0.39, 0.29) is 5.56 Å². The van der Waals surface area contributed by atoms with Crippen LogP contribution in [0.25, 0.3) is 6.08 Å². The zero-order valence-electron chi connectivity index (χ0n) is 11.3. The van der Waals surface area contributed by atoms with Gasteiger partial charge in [-0.3, -0.25) is 4.79 Å². The number of alkyl halides is 3. The SMILES string of the molecule is C=Cc1ccc(C(=O)N(CC)CC)c(OC(F)(F)F)c1. The molecule has 110 valence electrons. The molecule has 0 radical (unpaired) electrons. The molecule has 1 rings (SSSR count). The van der Waals surface area contributed by atoms with E-state index in [9.17, 15) is 18.0 Å². The van der Waals surface area contributed by atoms with Gasteiger partial charge in [-0.15, -0.1) is 13.2 Å². The summed E-state index contributed by atoms with van der Waals surface area (Å²) >= 11 is 0. The van der Waals surface area contributed by atoms with E-state index in [0.717, 1.165) is 6.07 Å². The second kappa shape index (κ2) is 6.45. The van der Waals surface area contributed by atoms with Gasteiger partial charge in [0.2, 0.25) is 0 Å². The van der Waals surface area contributed by atoms with E-state index in [4.69, 9.17) is 0 Å². The molecule has 0 atom stereocenters. The fourth-order valence-corrected chi connectivity index (χ4v) is 1.73. The third-order valence-corrected chi connectivity index (χ3v) is 2.75. The molecule has 0 aliphatic carbocycles. The molecular formula is C14H16F3NO2. The van der Waals surface area contributed by atoms with Crippen LogP contribution in [0.15, 0.2) is 24.8 Å². The Morgan fingerprint density at radius 3 is 2.40 bits per heavy atom. The Balaban J connectivity index is 3.24. The Morgan fingerprint density at radius 2 is 1.95 bits per heavy atom. The summed E-state index contributed by atoms with van der Waals surface area (Å²) in [5.41, 5.74) is 0.331.